The maximum absolute atomic E-state index is 5.65. The van der Waals surface area contributed by atoms with Crippen molar-refractivity contribution in [2.45, 2.75) is 6.92 Å². The van der Waals surface area contributed by atoms with Gasteiger partial charge in [0.05, 0.1) is 11.2 Å². The van der Waals surface area contributed by atoms with Crippen LogP contribution in [-0.2, 0) is 0 Å². The number of nitrogens with one attached hydrogen (secondary N) is 2. The molecular weight excluding hydrogens is 366 g/mol. The number of hydrogen-bond acceptors (Lipinski definition) is 7. The first-order valence-electron chi connectivity index (χ1n) is 9.38. The number of pyridine rings is 1. The number of anilines is 4. The van der Waals surface area contributed by atoms with Crippen molar-refractivity contribution in [1.29, 1.82) is 0 Å². The Morgan fingerprint density at radius 1 is 0.828 bits per heavy atom. The van der Waals surface area contributed by atoms with Gasteiger partial charge in [0.25, 0.3) is 0 Å². The number of aryl methyl sites for hydroxylation is 1. The highest BCUT2D eigenvalue weighted by Gasteiger charge is 2.12. The second kappa shape index (κ2) is 7.27. The van der Waals surface area contributed by atoms with E-state index in [4.69, 9.17) is 9.47 Å². The summed E-state index contributed by atoms with van der Waals surface area (Å²) in [5, 5.41) is 7.75. The lowest BCUT2D eigenvalue weighted by molar-refractivity contribution is 0.171. The predicted octanol–water partition coefficient (Wildman–Crippen LogP) is 4.59. The third kappa shape index (κ3) is 3.62. The SMILES string of the molecule is Cc1nc(Nc2ccc3c(c2)OCCO3)cc(Nc2cccc3cccnc23)n1. The van der Waals surface area contributed by atoms with E-state index in [0.29, 0.717) is 30.7 Å². The van der Waals surface area contributed by atoms with Gasteiger partial charge < -0.3 is 20.1 Å². The van der Waals surface area contributed by atoms with Crippen LogP contribution in [0.4, 0.5) is 23.0 Å². The smallest absolute Gasteiger partial charge is 0.163 e. The maximum Gasteiger partial charge on any atom is 0.163 e. The molecule has 0 unspecified atom stereocenters. The first-order valence-corrected chi connectivity index (χ1v) is 9.38. The lowest BCUT2D eigenvalue weighted by Gasteiger charge is -2.19. The van der Waals surface area contributed by atoms with Crippen LogP contribution >= 0.6 is 0 Å². The topological polar surface area (TPSA) is 81.2 Å². The van der Waals surface area contributed by atoms with E-state index in [1.165, 1.54) is 0 Å². The molecule has 0 saturated carbocycles. The summed E-state index contributed by atoms with van der Waals surface area (Å²) in [5.41, 5.74) is 2.66. The van der Waals surface area contributed by atoms with Gasteiger partial charge in [-0.05, 0) is 31.2 Å². The number of hydrogen-bond donors (Lipinski definition) is 2. The summed E-state index contributed by atoms with van der Waals surface area (Å²) in [5.74, 6) is 3.52. The van der Waals surface area contributed by atoms with E-state index in [1.54, 1.807) is 6.20 Å². The van der Waals surface area contributed by atoms with Crippen molar-refractivity contribution in [2.24, 2.45) is 0 Å². The van der Waals surface area contributed by atoms with E-state index in [2.05, 4.69) is 25.6 Å². The van der Waals surface area contributed by atoms with Crippen molar-refractivity contribution in [3.63, 3.8) is 0 Å². The van der Waals surface area contributed by atoms with Crippen LogP contribution in [0.15, 0.2) is 60.8 Å². The van der Waals surface area contributed by atoms with Gasteiger partial charge >= 0.3 is 0 Å². The molecule has 0 fully saturated rings. The lowest BCUT2D eigenvalue weighted by Crippen LogP contribution is -2.15. The number of fused-ring (bicyclic) bond motifs is 2. The molecule has 0 saturated heterocycles. The molecule has 0 bridgehead atoms. The summed E-state index contributed by atoms with van der Waals surface area (Å²) in [4.78, 5) is 13.5. The standard InChI is InChI=1S/C22H19N5O2/c1-14-24-20(26-16-7-8-18-19(12-16)29-11-10-28-18)13-21(25-14)27-17-6-2-4-15-5-3-9-23-22(15)17/h2-9,12-13H,10-11H2,1H3,(H2,24,25,26,27). The highest BCUT2D eigenvalue weighted by atomic mass is 16.6. The zero-order valence-electron chi connectivity index (χ0n) is 15.8. The van der Waals surface area contributed by atoms with Crippen LogP contribution in [0.5, 0.6) is 11.5 Å². The Balaban J connectivity index is 1.43. The van der Waals surface area contributed by atoms with Crippen LogP contribution in [0.1, 0.15) is 5.82 Å². The fourth-order valence-electron chi connectivity index (χ4n) is 3.31. The number of para-hydroxylation sites is 1. The molecule has 0 aliphatic carbocycles. The molecule has 5 rings (SSSR count). The monoisotopic (exact) mass is 385 g/mol. The van der Waals surface area contributed by atoms with Gasteiger partial charge in [-0.15, -0.1) is 0 Å². The third-order valence-corrected chi connectivity index (χ3v) is 4.55. The first-order chi connectivity index (χ1) is 14.2. The van der Waals surface area contributed by atoms with Crippen molar-refractivity contribution in [3.8, 4) is 11.5 Å². The van der Waals surface area contributed by atoms with Crippen molar-refractivity contribution in [1.82, 2.24) is 15.0 Å². The van der Waals surface area contributed by atoms with E-state index >= 15 is 0 Å². The minimum Gasteiger partial charge on any atom is -0.486 e. The molecule has 2 N–H and O–H groups in total. The number of benzene rings is 2. The third-order valence-electron chi connectivity index (χ3n) is 4.55. The van der Waals surface area contributed by atoms with E-state index in [9.17, 15) is 0 Å². The van der Waals surface area contributed by atoms with Gasteiger partial charge in [-0.1, -0.05) is 18.2 Å². The average molecular weight is 385 g/mol. The number of aromatic nitrogens is 3. The van der Waals surface area contributed by atoms with Gasteiger partial charge in [0, 0.05) is 29.4 Å². The zero-order chi connectivity index (χ0) is 19.6. The van der Waals surface area contributed by atoms with Crippen LogP contribution in [-0.4, -0.2) is 28.2 Å². The van der Waals surface area contributed by atoms with Crippen LogP contribution in [0.3, 0.4) is 0 Å². The summed E-state index contributed by atoms with van der Waals surface area (Å²) in [6.07, 6.45) is 1.79. The van der Waals surface area contributed by atoms with Gasteiger partial charge in [0.15, 0.2) is 11.5 Å². The number of rotatable bonds is 4. The van der Waals surface area contributed by atoms with Crippen LogP contribution < -0.4 is 20.1 Å². The molecule has 0 atom stereocenters. The minimum atomic E-state index is 0.552. The Kier molecular flexibility index (Phi) is 4.32. The molecule has 0 radical (unpaired) electrons. The molecule has 1 aliphatic rings. The van der Waals surface area contributed by atoms with Gasteiger partial charge in [-0.25, -0.2) is 9.97 Å². The highest BCUT2D eigenvalue weighted by Crippen LogP contribution is 2.33. The van der Waals surface area contributed by atoms with E-state index < -0.39 is 0 Å². The van der Waals surface area contributed by atoms with Gasteiger partial charge in [0.2, 0.25) is 0 Å². The fraction of sp³-hybridized carbons (Fsp3) is 0.136. The van der Waals surface area contributed by atoms with Crippen molar-refractivity contribution in [3.05, 3.63) is 66.6 Å². The summed E-state index contributed by atoms with van der Waals surface area (Å²) in [6, 6.07) is 17.6. The Bertz CT molecular complexity index is 1190. The van der Waals surface area contributed by atoms with E-state index in [1.807, 2.05) is 61.5 Å². The molecule has 3 heterocycles. The van der Waals surface area contributed by atoms with E-state index in [-0.39, 0.29) is 0 Å². The molecule has 2 aromatic carbocycles. The summed E-state index contributed by atoms with van der Waals surface area (Å²) in [6.45, 7) is 2.99. The second-order valence-corrected chi connectivity index (χ2v) is 6.67. The molecule has 144 valence electrons. The molecule has 1 aliphatic heterocycles. The van der Waals surface area contributed by atoms with Gasteiger partial charge in [0.1, 0.15) is 30.7 Å². The van der Waals surface area contributed by atoms with Crippen LogP contribution in [0.25, 0.3) is 10.9 Å². The zero-order valence-corrected chi connectivity index (χ0v) is 15.8. The normalized spacial score (nSPS) is 12.6. The Labute approximate surface area is 167 Å². The summed E-state index contributed by atoms with van der Waals surface area (Å²) < 4.78 is 11.2. The van der Waals surface area contributed by atoms with Gasteiger partial charge in [-0.2, -0.15) is 0 Å². The fourth-order valence-corrected chi connectivity index (χ4v) is 3.31. The van der Waals surface area contributed by atoms with Crippen LogP contribution in [0.2, 0.25) is 0 Å². The largest absolute Gasteiger partial charge is 0.486 e. The minimum absolute atomic E-state index is 0.552. The highest BCUT2D eigenvalue weighted by molar-refractivity contribution is 5.91. The Hall–Kier alpha value is -3.87. The van der Waals surface area contributed by atoms with Crippen molar-refractivity contribution >= 4 is 33.9 Å². The summed E-state index contributed by atoms with van der Waals surface area (Å²) in [7, 11) is 0. The molecule has 7 heteroatoms. The molecule has 2 aromatic heterocycles. The number of nitrogens with zero attached hydrogens (tertiary/aromatic N) is 3. The molecule has 0 amide bonds. The van der Waals surface area contributed by atoms with Crippen molar-refractivity contribution < 1.29 is 9.47 Å². The van der Waals surface area contributed by atoms with Crippen LogP contribution in [0, 0.1) is 6.92 Å². The van der Waals surface area contributed by atoms with Crippen molar-refractivity contribution in [2.75, 3.05) is 23.8 Å². The second-order valence-electron chi connectivity index (χ2n) is 6.67. The molecule has 7 nitrogen and oxygen atoms in total. The molecule has 29 heavy (non-hydrogen) atoms. The van der Waals surface area contributed by atoms with Gasteiger partial charge in [-0.3, -0.25) is 4.98 Å². The Morgan fingerprint density at radius 3 is 2.52 bits per heavy atom. The predicted molar refractivity (Wildman–Crippen MR) is 113 cm³/mol. The Morgan fingerprint density at radius 2 is 1.62 bits per heavy atom. The molecule has 0 spiro atoms. The average Bonchev–Trinajstić information content (AvgIpc) is 2.73. The summed E-state index contributed by atoms with van der Waals surface area (Å²) >= 11 is 0. The molecular formula is C22H19N5O2. The van der Waals surface area contributed by atoms with E-state index in [0.717, 1.165) is 33.8 Å². The molecule has 4 aromatic rings. The lowest BCUT2D eigenvalue weighted by atomic mass is 10.2. The maximum atomic E-state index is 5.65. The number of ether oxygens (including phenoxy) is 2. The quantitative estimate of drug-likeness (QED) is 0.532. The first kappa shape index (κ1) is 17.2.